The lowest BCUT2D eigenvalue weighted by atomic mass is 9.53. The molecule has 0 amide bonds. The molecule has 0 aliphatic heterocycles. The van der Waals surface area contributed by atoms with Crippen molar-refractivity contribution >= 4 is 14.6 Å². The van der Waals surface area contributed by atoms with Crippen LogP contribution in [0.3, 0.4) is 0 Å². The molecule has 2 aliphatic rings. The zero-order chi connectivity index (χ0) is 26.9. The van der Waals surface area contributed by atoms with Gasteiger partial charge in [-0.1, -0.05) is 106 Å². The standard InChI is InChI=1S/C35H42O2Si/c1-34(2,3)30-18-13-19-31(33(30)37-38(5)6)35-21-20-27(24-36-4)29(23-35)28(25-14-9-7-10-15-25)22-32(35)26-16-11-8-12-17-26/h7-19,22,24,28-29,38H,20-21,23H2,1-6H3. The Balaban J connectivity index is 1.81. The fraction of sp³-hybridized carbons (Fsp3) is 0.371. The second-order valence-electron chi connectivity index (χ2n) is 12.3. The van der Waals surface area contributed by atoms with Crippen LogP contribution in [0.5, 0.6) is 5.75 Å². The van der Waals surface area contributed by atoms with Crippen LogP contribution >= 0.6 is 0 Å². The van der Waals surface area contributed by atoms with Gasteiger partial charge in [-0.25, -0.2) is 0 Å². The number of hydrogen-bond acceptors (Lipinski definition) is 2. The molecule has 0 heterocycles. The smallest absolute Gasteiger partial charge is 0.229 e. The lowest BCUT2D eigenvalue weighted by molar-refractivity contribution is 0.272. The summed E-state index contributed by atoms with van der Waals surface area (Å²) in [6, 6.07) is 29.0. The normalized spacial score (nSPS) is 24.3. The minimum atomic E-state index is -1.35. The molecule has 3 heteroatoms. The largest absolute Gasteiger partial charge is 0.547 e. The minimum Gasteiger partial charge on any atom is -0.547 e. The first-order valence-corrected chi connectivity index (χ1v) is 16.9. The van der Waals surface area contributed by atoms with Crippen LogP contribution in [0.2, 0.25) is 13.1 Å². The van der Waals surface area contributed by atoms with Crippen LogP contribution in [-0.2, 0) is 15.6 Å². The Morgan fingerprint density at radius 2 is 1.58 bits per heavy atom. The van der Waals surface area contributed by atoms with E-state index in [0.717, 1.165) is 25.0 Å². The molecule has 0 aromatic heterocycles. The molecule has 3 aromatic rings. The summed E-state index contributed by atoms with van der Waals surface area (Å²) in [5.41, 5.74) is 8.12. The molecule has 2 nitrogen and oxygen atoms in total. The van der Waals surface area contributed by atoms with Gasteiger partial charge in [-0.2, -0.15) is 0 Å². The zero-order valence-corrected chi connectivity index (χ0v) is 25.0. The molecule has 0 N–H and O–H groups in total. The summed E-state index contributed by atoms with van der Waals surface area (Å²) in [7, 11) is 0.435. The van der Waals surface area contributed by atoms with E-state index in [-0.39, 0.29) is 10.8 Å². The molecule has 3 atom stereocenters. The highest BCUT2D eigenvalue weighted by Crippen LogP contribution is 2.61. The Morgan fingerprint density at radius 3 is 2.21 bits per heavy atom. The van der Waals surface area contributed by atoms with Crippen molar-refractivity contribution in [3.63, 3.8) is 0 Å². The quantitative estimate of drug-likeness (QED) is 0.238. The van der Waals surface area contributed by atoms with Gasteiger partial charge in [0, 0.05) is 16.9 Å². The summed E-state index contributed by atoms with van der Waals surface area (Å²) in [4.78, 5) is 0. The molecular weight excluding hydrogens is 480 g/mol. The molecule has 5 rings (SSSR count). The molecule has 3 unspecified atom stereocenters. The van der Waals surface area contributed by atoms with Gasteiger partial charge in [0.15, 0.2) is 0 Å². The van der Waals surface area contributed by atoms with Gasteiger partial charge in [-0.3, -0.25) is 0 Å². The number of hydrogen-bond donors (Lipinski definition) is 0. The van der Waals surface area contributed by atoms with Crippen molar-refractivity contribution in [2.24, 2.45) is 5.92 Å². The monoisotopic (exact) mass is 522 g/mol. The number of allylic oxidation sites excluding steroid dienone is 3. The van der Waals surface area contributed by atoms with Gasteiger partial charge in [0.1, 0.15) is 5.75 Å². The maximum atomic E-state index is 6.88. The number of para-hydroxylation sites is 1. The van der Waals surface area contributed by atoms with E-state index in [1.165, 1.54) is 33.4 Å². The number of benzene rings is 3. The Morgan fingerprint density at radius 1 is 0.895 bits per heavy atom. The van der Waals surface area contributed by atoms with Crippen molar-refractivity contribution in [2.75, 3.05) is 7.11 Å². The van der Waals surface area contributed by atoms with E-state index in [0.29, 0.717) is 11.8 Å². The second-order valence-corrected chi connectivity index (χ2v) is 14.6. The number of ether oxygens (including phenoxy) is 1. The Bertz CT molecular complexity index is 1320. The summed E-state index contributed by atoms with van der Waals surface area (Å²) < 4.78 is 12.5. The summed E-state index contributed by atoms with van der Waals surface area (Å²) in [6.07, 6.45) is 7.72. The molecule has 2 bridgehead atoms. The van der Waals surface area contributed by atoms with Crippen LogP contribution in [-0.4, -0.2) is 16.2 Å². The van der Waals surface area contributed by atoms with Crippen LogP contribution in [0.4, 0.5) is 0 Å². The number of rotatable bonds is 6. The molecule has 0 radical (unpaired) electrons. The van der Waals surface area contributed by atoms with E-state index in [9.17, 15) is 0 Å². The lowest BCUT2D eigenvalue weighted by Crippen LogP contribution is -2.41. The van der Waals surface area contributed by atoms with Crippen molar-refractivity contribution in [3.05, 3.63) is 119 Å². The maximum Gasteiger partial charge on any atom is 0.229 e. The Kier molecular flexibility index (Phi) is 7.42. The van der Waals surface area contributed by atoms with Crippen LogP contribution in [0.1, 0.15) is 68.2 Å². The van der Waals surface area contributed by atoms with E-state index < -0.39 is 9.04 Å². The average molecular weight is 523 g/mol. The van der Waals surface area contributed by atoms with Gasteiger partial charge in [-0.05, 0) is 71.5 Å². The zero-order valence-electron chi connectivity index (χ0n) is 23.8. The first kappa shape index (κ1) is 26.6. The van der Waals surface area contributed by atoms with Crippen molar-refractivity contribution < 1.29 is 9.16 Å². The topological polar surface area (TPSA) is 18.5 Å². The summed E-state index contributed by atoms with van der Waals surface area (Å²) >= 11 is 0. The first-order chi connectivity index (χ1) is 18.2. The van der Waals surface area contributed by atoms with Gasteiger partial charge >= 0.3 is 0 Å². The molecule has 3 aromatic carbocycles. The van der Waals surface area contributed by atoms with Crippen LogP contribution in [0.25, 0.3) is 5.57 Å². The first-order valence-electron chi connectivity index (χ1n) is 14.1. The van der Waals surface area contributed by atoms with E-state index in [4.69, 9.17) is 9.16 Å². The molecule has 198 valence electrons. The van der Waals surface area contributed by atoms with Gasteiger partial charge < -0.3 is 9.16 Å². The van der Waals surface area contributed by atoms with Gasteiger partial charge in [-0.15, -0.1) is 0 Å². The van der Waals surface area contributed by atoms with Crippen molar-refractivity contribution in [1.82, 2.24) is 0 Å². The highest BCUT2D eigenvalue weighted by Gasteiger charge is 2.50. The molecule has 38 heavy (non-hydrogen) atoms. The summed E-state index contributed by atoms with van der Waals surface area (Å²) in [5, 5.41) is 0. The van der Waals surface area contributed by atoms with E-state index in [1.807, 2.05) is 6.26 Å². The molecule has 1 fully saturated rings. The third-order valence-electron chi connectivity index (χ3n) is 8.41. The Labute approximate surface area is 231 Å². The number of methoxy groups -OCH3 is 1. The Hall–Kier alpha value is -3.04. The molecule has 1 saturated carbocycles. The molecule has 0 spiro atoms. The van der Waals surface area contributed by atoms with Crippen molar-refractivity contribution in [3.8, 4) is 5.75 Å². The molecule has 0 saturated heterocycles. The minimum absolute atomic E-state index is 0.00167. The fourth-order valence-corrected chi connectivity index (χ4v) is 7.48. The average Bonchev–Trinajstić information content (AvgIpc) is 2.90. The third-order valence-corrected chi connectivity index (χ3v) is 9.12. The van der Waals surface area contributed by atoms with Gasteiger partial charge in [0.2, 0.25) is 9.04 Å². The predicted molar refractivity (Wildman–Crippen MR) is 162 cm³/mol. The number of fused-ring (bicyclic) bond motifs is 2. The highest BCUT2D eigenvalue weighted by atomic mass is 28.3. The molecule has 2 aliphatic carbocycles. The second kappa shape index (κ2) is 10.6. The molecular formula is C35H42O2Si. The van der Waals surface area contributed by atoms with Gasteiger partial charge in [0.05, 0.1) is 13.4 Å². The summed E-state index contributed by atoms with van der Waals surface area (Å²) in [5.74, 6) is 1.82. The van der Waals surface area contributed by atoms with Crippen molar-refractivity contribution in [2.45, 2.75) is 69.9 Å². The lowest BCUT2D eigenvalue weighted by Gasteiger charge is -2.51. The van der Waals surface area contributed by atoms with Crippen molar-refractivity contribution in [1.29, 1.82) is 0 Å². The van der Waals surface area contributed by atoms with Crippen LogP contribution in [0.15, 0.2) is 96.8 Å². The predicted octanol–water partition coefficient (Wildman–Crippen LogP) is 8.80. The van der Waals surface area contributed by atoms with E-state index >= 15 is 0 Å². The third kappa shape index (κ3) is 4.89. The summed E-state index contributed by atoms with van der Waals surface area (Å²) in [6.45, 7) is 11.5. The maximum absolute atomic E-state index is 6.88. The van der Waals surface area contributed by atoms with E-state index in [1.54, 1.807) is 7.11 Å². The van der Waals surface area contributed by atoms with Gasteiger partial charge in [0.25, 0.3) is 0 Å². The van der Waals surface area contributed by atoms with Crippen LogP contribution in [0, 0.1) is 5.92 Å². The SMILES string of the molecule is COC=C1CCC2(c3cccc(C(C)(C)C)c3O[SiH](C)C)CC1C(c1ccccc1)C=C2c1ccccc1. The van der Waals surface area contributed by atoms with E-state index in [2.05, 4.69) is 119 Å². The highest BCUT2D eigenvalue weighted by molar-refractivity contribution is 6.49. The van der Waals surface area contributed by atoms with Crippen LogP contribution < -0.4 is 4.43 Å². The fourth-order valence-electron chi connectivity index (χ4n) is 6.76.